The van der Waals surface area contributed by atoms with Crippen molar-refractivity contribution in [3.8, 4) is 17.2 Å². The second-order valence-electron chi connectivity index (χ2n) is 7.60. The van der Waals surface area contributed by atoms with E-state index in [1.807, 2.05) is 63.2 Å². The van der Waals surface area contributed by atoms with Gasteiger partial charge in [0.05, 0.1) is 23.7 Å². The monoisotopic (exact) mass is 422 g/mol. The van der Waals surface area contributed by atoms with Gasteiger partial charge in [-0.3, -0.25) is 4.79 Å². The highest BCUT2D eigenvalue weighted by atomic mass is 16.6. The molecule has 1 amide bonds. The van der Waals surface area contributed by atoms with Crippen molar-refractivity contribution in [1.82, 2.24) is 10.5 Å². The van der Waals surface area contributed by atoms with Crippen LogP contribution in [0, 0.1) is 13.8 Å². The minimum absolute atomic E-state index is 0.0493. The summed E-state index contributed by atoms with van der Waals surface area (Å²) in [5.74, 6) is 2.90. The van der Waals surface area contributed by atoms with Crippen molar-refractivity contribution in [2.24, 2.45) is 0 Å². The molecule has 1 aliphatic rings. The molecular weight excluding hydrogens is 396 g/mol. The van der Waals surface area contributed by atoms with Crippen LogP contribution in [-0.2, 0) is 17.8 Å². The lowest BCUT2D eigenvalue weighted by Gasteiger charge is -2.21. The van der Waals surface area contributed by atoms with E-state index in [4.69, 9.17) is 18.7 Å². The standard InChI is InChI=1S/C24H26N2O5/c1-15(19-6-9-22-23(13-19)29-11-10-28-22)25-24(27)12-18-4-7-20(8-5-18)30-14-21-16(2)26-31-17(21)3/h4-9,13,15H,10-12,14H2,1-3H3,(H,25,27)/t15-/m1/s1. The number of aryl methyl sites for hydroxylation is 2. The van der Waals surface area contributed by atoms with Gasteiger partial charge in [-0.25, -0.2) is 0 Å². The molecule has 7 heteroatoms. The summed E-state index contributed by atoms with van der Waals surface area (Å²) in [6, 6.07) is 13.1. The van der Waals surface area contributed by atoms with Gasteiger partial charge in [-0.1, -0.05) is 23.4 Å². The third kappa shape index (κ3) is 4.99. The smallest absolute Gasteiger partial charge is 0.224 e. The number of carbonyl (C=O) groups excluding carboxylic acids is 1. The number of ether oxygens (including phenoxy) is 3. The van der Waals surface area contributed by atoms with Crippen LogP contribution in [0.1, 0.15) is 41.1 Å². The van der Waals surface area contributed by atoms with Gasteiger partial charge in [0.25, 0.3) is 0 Å². The predicted molar refractivity (Wildman–Crippen MR) is 114 cm³/mol. The van der Waals surface area contributed by atoms with Crippen LogP contribution in [0.25, 0.3) is 0 Å². The Morgan fingerprint density at radius 3 is 2.55 bits per heavy atom. The van der Waals surface area contributed by atoms with Crippen LogP contribution in [0.3, 0.4) is 0 Å². The van der Waals surface area contributed by atoms with Crippen LogP contribution in [-0.4, -0.2) is 24.3 Å². The van der Waals surface area contributed by atoms with E-state index >= 15 is 0 Å². The van der Waals surface area contributed by atoms with Crippen LogP contribution in [0.4, 0.5) is 0 Å². The number of carbonyl (C=O) groups is 1. The second-order valence-corrected chi connectivity index (χ2v) is 7.60. The molecule has 4 rings (SSSR count). The molecular formula is C24H26N2O5. The number of amides is 1. The lowest BCUT2D eigenvalue weighted by Crippen LogP contribution is -2.28. The summed E-state index contributed by atoms with van der Waals surface area (Å²) in [7, 11) is 0. The number of nitrogens with one attached hydrogen (secondary N) is 1. The average molecular weight is 422 g/mol. The molecule has 0 fully saturated rings. The van der Waals surface area contributed by atoms with E-state index in [1.165, 1.54) is 0 Å². The first kappa shape index (κ1) is 20.8. The number of nitrogens with zero attached hydrogens (tertiary/aromatic N) is 1. The lowest BCUT2D eigenvalue weighted by atomic mass is 10.1. The molecule has 0 bridgehead atoms. The van der Waals surface area contributed by atoms with Gasteiger partial charge in [-0.15, -0.1) is 0 Å². The minimum Gasteiger partial charge on any atom is -0.489 e. The Morgan fingerprint density at radius 2 is 1.84 bits per heavy atom. The van der Waals surface area contributed by atoms with Gasteiger partial charge in [-0.2, -0.15) is 0 Å². The maximum Gasteiger partial charge on any atom is 0.224 e. The molecule has 0 saturated heterocycles. The number of hydrogen-bond acceptors (Lipinski definition) is 6. The Balaban J connectivity index is 1.30. The van der Waals surface area contributed by atoms with Crippen molar-refractivity contribution in [3.63, 3.8) is 0 Å². The molecule has 2 aromatic carbocycles. The van der Waals surface area contributed by atoms with Crippen LogP contribution >= 0.6 is 0 Å². The van der Waals surface area contributed by atoms with E-state index in [1.54, 1.807) is 0 Å². The largest absolute Gasteiger partial charge is 0.489 e. The van der Waals surface area contributed by atoms with Gasteiger partial charge >= 0.3 is 0 Å². The Hall–Kier alpha value is -3.48. The normalized spacial score (nSPS) is 13.5. The van der Waals surface area contributed by atoms with Gasteiger partial charge in [0.2, 0.25) is 5.91 Å². The van der Waals surface area contributed by atoms with Gasteiger partial charge in [-0.05, 0) is 56.2 Å². The third-order valence-electron chi connectivity index (χ3n) is 5.30. The molecule has 0 radical (unpaired) electrons. The van der Waals surface area contributed by atoms with Crippen molar-refractivity contribution < 1.29 is 23.5 Å². The molecule has 3 aromatic rings. The number of fused-ring (bicyclic) bond motifs is 1. The number of hydrogen-bond donors (Lipinski definition) is 1. The summed E-state index contributed by atoms with van der Waals surface area (Å²) >= 11 is 0. The highest BCUT2D eigenvalue weighted by Crippen LogP contribution is 2.32. The first-order valence-corrected chi connectivity index (χ1v) is 10.3. The van der Waals surface area contributed by atoms with Gasteiger partial charge in [0, 0.05) is 0 Å². The molecule has 0 unspecified atom stereocenters. The Bertz CT molecular complexity index is 1040. The maximum atomic E-state index is 12.5. The van der Waals surface area contributed by atoms with Crippen LogP contribution in [0.15, 0.2) is 47.0 Å². The maximum absolute atomic E-state index is 12.5. The number of benzene rings is 2. The molecule has 0 saturated carbocycles. The van der Waals surface area contributed by atoms with E-state index in [0.29, 0.717) is 26.2 Å². The van der Waals surface area contributed by atoms with Gasteiger partial charge in [0.1, 0.15) is 31.3 Å². The van der Waals surface area contributed by atoms with Gasteiger partial charge in [0.15, 0.2) is 11.5 Å². The molecule has 31 heavy (non-hydrogen) atoms. The fourth-order valence-corrected chi connectivity index (χ4v) is 3.46. The van der Waals surface area contributed by atoms with Crippen LogP contribution in [0.5, 0.6) is 17.2 Å². The summed E-state index contributed by atoms with van der Waals surface area (Å²) in [6.45, 7) is 7.20. The predicted octanol–water partition coefficient (Wildman–Crippen LogP) is 4.06. The Labute approximate surface area is 181 Å². The SMILES string of the molecule is Cc1noc(C)c1COc1ccc(CC(=O)N[C@H](C)c2ccc3c(c2)OCCO3)cc1. The Kier molecular flexibility index (Phi) is 6.11. The zero-order valence-corrected chi connectivity index (χ0v) is 17.9. The fourth-order valence-electron chi connectivity index (χ4n) is 3.46. The average Bonchev–Trinajstić information content (AvgIpc) is 3.10. The first-order chi connectivity index (χ1) is 15.0. The zero-order valence-electron chi connectivity index (χ0n) is 17.9. The highest BCUT2D eigenvalue weighted by Gasteiger charge is 2.16. The van der Waals surface area contributed by atoms with E-state index < -0.39 is 0 Å². The molecule has 7 nitrogen and oxygen atoms in total. The third-order valence-corrected chi connectivity index (χ3v) is 5.30. The summed E-state index contributed by atoms with van der Waals surface area (Å²) < 4.78 is 22.1. The van der Waals surface area contributed by atoms with E-state index in [0.717, 1.165) is 45.4 Å². The van der Waals surface area contributed by atoms with E-state index in [-0.39, 0.29) is 11.9 Å². The summed E-state index contributed by atoms with van der Waals surface area (Å²) in [6.07, 6.45) is 0.291. The molecule has 2 heterocycles. The van der Waals surface area contributed by atoms with E-state index in [2.05, 4.69) is 10.5 Å². The van der Waals surface area contributed by atoms with Crippen LogP contribution in [0.2, 0.25) is 0 Å². The zero-order chi connectivity index (χ0) is 21.8. The van der Waals surface area contributed by atoms with Gasteiger partial charge < -0.3 is 24.1 Å². The molecule has 1 N–H and O–H groups in total. The highest BCUT2D eigenvalue weighted by molar-refractivity contribution is 5.79. The topological polar surface area (TPSA) is 82.8 Å². The summed E-state index contributed by atoms with van der Waals surface area (Å²) in [4.78, 5) is 12.5. The lowest BCUT2D eigenvalue weighted by molar-refractivity contribution is -0.121. The summed E-state index contributed by atoms with van der Waals surface area (Å²) in [5, 5.41) is 6.97. The van der Waals surface area contributed by atoms with Crippen molar-refractivity contribution in [2.45, 2.75) is 39.8 Å². The van der Waals surface area contributed by atoms with Crippen LogP contribution < -0.4 is 19.5 Å². The Morgan fingerprint density at radius 1 is 1.10 bits per heavy atom. The molecule has 162 valence electrons. The molecule has 1 aliphatic heterocycles. The molecule has 1 atom stereocenters. The first-order valence-electron chi connectivity index (χ1n) is 10.3. The molecule has 0 spiro atoms. The number of rotatable bonds is 7. The van der Waals surface area contributed by atoms with Crippen molar-refractivity contribution in [3.05, 3.63) is 70.6 Å². The molecule has 1 aromatic heterocycles. The minimum atomic E-state index is -0.138. The quantitative estimate of drug-likeness (QED) is 0.618. The number of aromatic nitrogens is 1. The van der Waals surface area contributed by atoms with Crippen molar-refractivity contribution in [1.29, 1.82) is 0 Å². The van der Waals surface area contributed by atoms with E-state index in [9.17, 15) is 4.79 Å². The van der Waals surface area contributed by atoms with Crippen molar-refractivity contribution >= 4 is 5.91 Å². The molecule has 0 aliphatic carbocycles. The fraction of sp³-hybridized carbons (Fsp3) is 0.333. The summed E-state index contributed by atoms with van der Waals surface area (Å²) in [5.41, 5.74) is 3.67. The van der Waals surface area contributed by atoms with Crippen molar-refractivity contribution in [2.75, 3.05) is 13.2 Å². The second kappa shape index (κ2) is 9.12.